The quantitative estimate of drug-likeness (QED) is 0.714. The van der Waals surface area contributed by atoms with E-state index in [2.05, 4.69) is 23.5 Å². The van der Waals surface area contributed by atoms with Gasteiger partial charge < -0.3 is 15.5 Å². The number of rotatable bonds is 5. The summed E-state index contributed by atoms with van der Waals surface area (Å²) in [6.45, 7) is 0.655. The monoisotopic (exact) mass is 235 g/mol. The number of hydrogen-bond donors (Lipinski definition) is 3. The molecule has 0 saturated heterocycles. The van der Waals surface area contributed by atoms with Crippen LogP contribution in [0.4, 0.5) is 0 Å². The van der Waals surface area contributed by atoms with Crippen molar-refractivity contribution in [3.63, 3.8) is 0 Å². The van der Waals surface area contributed by atoms with Crippen LogP contribution in [0.2, 0.25) is 0 Å². The minimum Gasteiger partial charge on any atom is -0.395 e. The third kappa shape index (κ3) is 3.28. The zero-order chi connectivity index (χ0) is 12.1. The third-order valence-electron chi connectivity index (χ3n) is 3.45. The van der Waals surface area contributed by atoms with Gasteiger partial charge in [0.05, 0.1) is 19.3 Å². The van der Waals surface area contributed by atoms with Gasteiger partial charge in [-0.15, -0.1) is 0 Å². The Morgan fingerprint density at radius 1 is 1.06 bits per heavy atom. The number of hydrogen-bond acceptors (Lipinski definition) is 3. The van der Waals surface area contributed by atoms with Gasteiger partial charge in [-0.2, -0.15) is 0 Å². The second kappa shape index (κ2) is 6.15. The maximum absolute atomic E-state index is 8.97. The molecule has 0 atom stereocenters. The topological polar surface area (TPSA) is 52.5 Å². The van der Waals surface area contributed by atoms with Gasteiger partial charge in [-0.05, 0) is 42.4 Å². The molecule has 1 aromatic rings. The fourth-order valence-electron chi connectivity index (χ4n) is 2.35. The normalized spacial score (nSPS) is 15.0. The number of benzene rings is 1. The van der Waals surface area contributed by atoms with Crippen molar-refractivity contribution in [3.05, 3.63) is 34.9 Å². The molecule has 3 N–H and O–H groups in total. The van der Waals surface area contributed by atoms with Crippen molar-refractivity contribution in [2.45, 2.75) is 38.3 Å². The molecule has 1 aliphatic carbocycles. The molecule has 2 rings (SSSR count). The highest BCUT2D eigenvalue weighted by Crippen LogP contribution is 2.22. The van der Waals surface area contributed by atoms with Crippen molar-refractivity contribution < 1.29 is 10.2 Å². The van der Waals surface area contributed by atoms with Crippen LogP contribution in [-0.4, -0.2) is 29.5 Å². The number of aliphatic hydroxyl groups excluding tert-OH is 2. The van der Waals surface area contributed by atoms with Crippen LogP contribution in [0.25, 0.3) is 0 Å². The molecule has 0 amide bonds. The summed E-state index contributed by atoms with van der Waals surface area (Å²) in [6, 6.07) is 6.40. The zero-order valence-electron chi connectivity index (χ0n) is 10.2. The molecule has 17 heavy (non-hydrogen) atoms. The van der Waals surface area contributed by atoms with E-state index in [-0.39, 0.29) is 19.3 Å². The lowest BCUT2D eigenvalue weighted by Gasteiger charge is -2.18. The second-order valence-electron chi connectivity index (χ2n) is 4.75. The van der Waals surface area contributed by atoms with Gasteiger partial charge in [0.1, 0.15) is 0 Å². The largest absolute Gasteiger partial charge is 0.395 e. The molecule has 0 unspecified atom stereocenters. The molecule has 0 aliphatic heterocycles. The van der Waals surface area contributed by atoms with E-state index < -0.39 is 0 Å². The average molecular weight is 235 g/mol. The molecule has 0 radical (unpaired) electrons. The van der Waals surface area contributed by atoms with Gasteiger partial charge in [0.25, 0.3) is 0 Å². The smallest absolute Gasteiger partial charge is 0.0607 e. The van der Waals surface area contributed by atoms with E-state index in [0.29, 0.717) is 6.54 Å². The zero-order valence-corrected chi connectivity index (χ0v) is 10.2. The van der Waals surface area contributed by atoms with Crippen LogP contribution < -0.4 is 5.32 Å². The van der Waals surface area contributed by atoms with E-state index in [1.54, 1.807) is 0 Å². The van der Waals surface area contributed by atoms with Gasteiger partial charge >= 0.3 is 0 Å². The SMILES string of the molecule is OCC(CO)NCc1ccc2c(c1)CCCC2. The molecule has 0 heterocycles. The molecule has 0 bridgehead atoms. The first-order valence-electron chi connectivity index (χ1n) is 6.39. The minimum absolute atomic E-state index is 0.0263. The van der Waals surface area contributed by atoms with Crippen molar-refractivity contribution in [1.82, 2.24) is 5.32 Å². The summed E-state index contributed by atoms with van der Waals surface area (Å²) >= 11 is 0. The Bertz CT molecular complexity index is 361. The first-order chi connectivity index (χ1) is 8.33. The highest BCUT2D eigenvalue weighted by Gasteiger charge is 2.10. The van der Waals surface area contributed by atoms with Gasteiger partial charge in [0, 0.05) is 6.54 Å². The summed E-state index contributed by atoms with van der Waals surface area (Å²) in [5.74, 6) is 0. The van der Waals surface area contributed by atoms with E-state index in [0.717, 1.165) is 0 Å². The minimum atomic E-state index is -0.217. The van der Waals surface area contributed by atoms with E-state index in [1.807, 2.05) is 0 Å². The molecule has 3 nitrogen and oxygen atoms in total. The fourth-order valence-corrected chi connectivity index (χ4v) is 2.35. The van der Waals surface area contributed by atoms with Gasteiger partial charge in [0.2, 0.25) is 0 Å². The van der Waals surface area contributed by atoms with Crippen LogP contribution in [0, 0.1) is 0 Å². The number of fused-ring (bicyclic) bond motifs is 1. The van der Waals surface area contributed by atoms with Crippen molar-refractivity contribution in [3.8, 4) is 0 Å². The lowest BCUT2D eigenvalue weighted by Crippen LogP contribution is -2.35. The molecular weight excluding hydrogens is 214 g/mol. The van der Waals surface area contributed by atoms with Crippen molar-refractivity contribution in [2.75, 3.05) is 13.2 Å². The van der Waals surface area contributed by atoms with Crippen LogP contribution in [-0.2, 0) is 19.4 Å². The molecule has 1 aliphatic rings. The highest BCUT2D eigenvalue weighted by atomic mass is 16.3. The van der Waals surface area contributed by atoms with Crippen LogP contribution in [0.5, 0.6) is 0 Å². The number of nitrogens with one attached hydrogen (secondary N) is 1. The Hall–Kier alpha value is -0.900. The van der Waals surface area contributed by atoms with Crippen LogP contribution in [0.15, 0.2) is 18.2 Å². The summed E-state index contributed by atoms with van der Waals surface area (Å²) in [6.07, 6.45) is 4.99. The lowest BCUT2D eigenvalue weighted by molar-refractivity contribution is 0.170. The Balaban J connectivity index is 1.97. The number of aliphatic hydroxyl groups is 2. The predicted molar refractivity (Wildman–Crippen MR) is 67.9 cm³/mol. The summed E-state index contributed by atoms with van der Waals surface area (Å²) in [4.78, 5) is 0. The maximum Gasteiger partial charge on any atom is 0.0607 e. The second-order valence-corrected chi connectivity index (χ2v) is 4.75. The molecule has 1 aromatic carbocycles. The molecule has 3 heteroatoms. The van der Waals surface area contributed by atoms with Crippen LogP contribution in [0.3, 0.4) is 0 Å². The van der Waals surface area contributed by atoms with E-state index in [4.69, 9.17) is 10.2 Å². The Labute approximate surface area is 102 Å². The first-order valence-corrected chi connectivity index (χ1v) is 6.39. The van der Waals surface area contributed by atoms with E-state index in [9.17, 15) is 0 Å². The maximum atomic E-state index is 8.97. The predicted octanol–water partition coefficient (Wildman–Crippen LogP) is 1.01. The summed E-state index contributed by atoms with van der Waals surface area (Å²) in [5.41, 5.74) is 4.19. The van der Waals surface area contributed by atoms with E-state index >= 15 is 0 Å². The molecular formula is C14H21NO2. The Morgan fingerprint density at radius 3 is 2.47 bits per heavy atom. The summed E-state index contributed by atoms with van der Waals surface area (Å²) < 4.78 is 0. The highest BCUT2D eigenvalue weighted by molar-refractivity contribution is 5.33. The summed E-state index contributed by atoms with van der Waals surface area (Å²) in [5, 5.41) is 21.1. The van der Waals surface area contributed by atoms with Gasteiger partial charge in [0.15, 0.2) is 0 Å². The first kappa shape index (κ1) is 12.6. The number of aryl methyl sites for hydroxylation is 2. The lowest BCUT2D eigenvalue weighted by atomic mass is 9.90. The Morgan fingerprint density at radius 2 is 1.76 bits per heavy atom. The van der Waals surface area contributed by atoms with Crippen molar-refractivity contribution >= 4 is 0 Å². The fraction of sp³-hybridized carbons (Fsp3) is 0.571. The van der Waals surface area contributed by atoms with Gasteiger partial charge in [-0.25, -0.2) is 0 Å². The van der Waals surface area contributed by atoms with Gasteiger partial charge in [-0.1, -0.05) is 18.2 Å². The molecule has 0 aromatic heterocycles. The summed E-state index contributed by atoms with van der Waals surface area (Å²) in [7, 11) is 0. The Kier molecular flexibility index (Phi) is 4.54. The molecule has 0 spiro atoms. The van der Waals surface area contributed by atoms with Crippen LogP contribution in [0.1, 0.15) is 29.5 Å². The van der Waals surface area contributed by atoms with Gasteiger partial charge in [-0.3, -0.25) is 0 Å². The van der Waals surface area contributed by atoms with E-state index in [1.165, 1.54) is 42.4 Å². The molecule has 0 saturated carbocycles. The van der Waals surface area contributed by atoms with Crippen molar-refractivity contribution in [2.24, 2.45) is 0 Å². The standard InChI is InChI=1S/C14H21NO2/c16-9-14(10-17)15-8-11-5-6-12-3-1-2-4-13(12)7-11/h5-7,14-17H,1-4,8-10H2. The molecule has 0 fully saturated rings. The van der Waals surface area contributed by atoms with Crippen molar-refractivity contribution in [1.29, 1.82) is 0 Å². The molecule has 94 valence electrons. The average Bonchev–Trinajstić information content (AvgIpc) is 2.40. The third-order valence-corrected chi connectivity index (χ3v) is 3.45. The van der Waals surface area contributed by atoms with Crippen LogP contribution >= 0.6 is 0 Å².